The molecule has 2 fully saturated rings. The highest BCUT2D eigenvalue weighted by molar-refractivity contribution is 5.97. The smallest absolute Gasteiger partial charge is 0.251 e. The second-order valence-corrected chi connectivity index (χ2v) is 7.75. The first kappa shape index (κ1) is 16.9. The Kier molecular flexibility index (Phi) is 4.08. The van der Waals surface area contributed by atoms with Crippen LogP contribution in [-0.4, -0.2) is 22.8 Å². The van der Waals surface area contributed by atoms with Gasteiger partial charge in [-0.25, -0.2) is 0 Å². The van der Waals surface area contributed by atoms with Crippen molar-refractivity contribution in [2.45, 2.75) is 31.2 Å². The molecule has 0 unspecified atom stereocenters. The summed E-state index contributed by atoms with van der Waals surface area (Å²) in [4.78, 5) is 28.8. The Bertz CT molecular complexity index is 1060. The van der Waals surface area contributed by atoms with Gasteiger partial charge in [-0.2, -0.15) is 0 Å². The number of pyridine rings is 1. The maximum Gasteiger partial charge on any atom is 0.251 e. The fourth-order valence-corrected chi connectivity index (χ4v) is 3.63. The molecule has 5 rings (SSSR count). The number of fused-ring (bicyclic) bond motifs is 1. The van der Waals surface area contributed by atoms with Gasteiger partial charge in [0.1, 0.15) is 0 Å². The second-order valence-electron chi connectivity index (χ2n) is 7.75. The van der Waals surface area contributed by atoms with Crippen LogP contribution in [0, 0.1) is 5.92 Å². The van der Waals surface area contributed by atoms with Crippen LogP contribution < -0.4 is 10.6 Å². The van der Waals surface area contributed by atoms with Crippen LogP contribution in [0.25, 0.3) is 10.8 Å². The number of amides is 2. The number of rotatable bonds is 5. The van der Waals surface area contributed by atoms with Crippen LogP contribution in [0.1, 0.15) is 41.1 Å². The molecular formula is C23H21N3O2. The van der Waals surface area contributed by atoms with Gasteiger partial charge >= 0.3 is 0 Å². The monoisotopic (exact) mass is 371 g/mol. The van der Waals surface area contributed by atoms with Crippen LogP contribution in [0.2, 0.25) is 0 Å². The van der Waals surface area contributed by atoms with E-state index in [-0.39, 0.29) is 23.7 Å². The summed E-state index contributed by atoms with van der Waals surface area (Å²) in [5, 5.41) is 8.13. The average Bonchev–Trinajstić information content (AvgIpc) is 3.63. The normalized spacial score (nSPS) is 20.6. The fraction of sp³-hybridized carbons (Fsp3) is 0.261. The lowest BCUT2D eigenvalue weighted by molar-refractivity contribution is -0.117. The zero-order chi connectivity index (χ0) is 19.1. The van der Waals surface area contributed by atoms with Crippen molar-refractivity contribution in [3.8, 4) is 0 Å². The van der Waals surface area contributed by atoms with E-state index in [9.17, 15) is 9.59 Å². The molecule has 2 aliphatic rings. The van der Waals surface area contributed by atoms with Crippen molar-refractivity contribution in [1.29, 1.82) is 0 Å². The summed E-state index contributed by atoms with van der Waals surface area (Å²) in [6, 6.07) is 15.8. The minimum Gasteiger partial charge on any atom is -0.349 e. The fourth-order valence-electron chi connectivity index (χ4n) is 3.63. The number of aromatic nitrogens is 1. The molecule has 0 spiro atoms. The molecular weight excluding hydrogens is 350 g/mol. The summed E-state index contributed by atoms with van der Waals surface area (Å²) >= 11 is 0. The molecule has 3 aromatic rings. The van der Waals surface area contributed by atoms with E-state index in [1.165, 1.54) is 0 Å². The summed E-state index contributed by atoms with van der Waals surface area (Å²) in [5.41, 5.74) is 2.61. The van der Waals surface area contributed by atoms with Crippen molar-refractivity contribution < 1.29 is 9.59 Å². The minimum absolute atomic E-state index is 0.00866. The van der Waals surface area contributed by atoms with Gasteiger partial charge in [-0.15, -0.1) is 0 Å². The Balaban J connectivity index is 1.22. The molecule has 2 aliphatic carbocycles. The third-order valence-electron chi connectivity index (χ3n) is 5.55. The van der Waals surface area contributed by atoms with Gasteiger partial charge in [0.25, 0.3) is 5.91 Å². The highest BCUT2D eigenvalue weighted by Gasteiger charge is 2.44. The minimum atomic E-state index is -0.0146. The lowest BCUT2D eigenvalue weighted by Gasteiger charge is -2.07. The average molecular weight is 371 g/mol. The molecule has 5 nitrogen and oxygen atoms in total. The first-order chi connectivity index (χ1) is 13.7. The van der Waals surface area contributed by atoms with Gasteiger partial charge in [0.15, 0.2) is 0 Å². The van der Waals surface area contributed by atoms with Crippen LogP contribution in [0.3, 0.4) is 0 Å². The standard InChI is InChI=1S/C23H21N3O2/c27-22(25-18-7-8-18)15-3-1-14(2-4-15)20-12-21(20)23(28)26-19-6-5-17-13-24-10-9-16(17)11-19/h1-6,9-11,13,18,20-21H,7-8,12H2,(H,25,27)(H,26,28)/t20-,21+/m0/s1. The predicted octanol–water partition coefficient (Wildman–Crippen LogP) is 3.87. The van der Waals surface area contributed by atoms with E-state index in [0.717, 1.165) is 41.3 Å². The molecule has 0 aliphatic heterocycles. The maximum absolute atomic E-state index is 12.6. The Morgan fingerprint density at radius 1 is 0.964 bits per heavy atom. The van der Waals surface area contributed by atoms with E-state index < -0.39 is 0 Å². The molecule has 140 valence electrons. The van der Waals surface area contributed by atoms with E-state index in [0.29, 0.717) is 11.6 Å². The molecule has 2 atom stereocenters. The molecule has 5 heteroatoms. The first-order valence-electron chi connectivity index (χ1n) is 9.73. The number of benzene rings is 2. The molecule has 2 N–H and O–H groups in total. The molecule has 2 amide bonds. The third-order valence-corrected chi connectivity index (χ3v) is 5.55. The molecule has 0 bridgehead atoms. The summed E-state index contributed by atoms with van der Waals surface area (Å²) in [6.45, 7) is 0. The largest absolute Gasteiger partial charge is 0.349 e. The van der Waals surface area contributed by atoms with E-state index in [4.69, 9.17) is 0 Å². The molecule has 0 radical (unpaired) electrons. The Morgan fingerprint density at radius 3 is 2.57 bits per heavy atom. The number of nitrogens with one attached hydrogen (secondary N) is 2. The molecule has 2 aromatic carbocycles. The SMILES string of the molecule is O=C(NC1CC1)c1ccc([C@@H]2C[C@H]2C(=O)Nc2ccc3cnccc3c2)cc1. The van der Waals surface area contributed by atoms with Crippen molar-refractivity contribution in [1.82, 2.24) is 10.3 Å². The number of carbonyl (C=O) groups excluding carboxylic acids is 2. The van der Waals surface area contributed by atoms with Gasteiger partial charge in [0.2, 0.25) is 5.91 Å². The molecule has 1 aromatic heterocycles. The number of hydrogen-bond acceptors (Lipinski definition) is 3. The number of nitrogens with zero attached hydrogens (tertiary/aromatic N) is 1. The lowest BCUT2D eigenvalue weighted by Crippen LogP contribution is -2.25. The second kappa shape index (κ2) is 6.75. The summed E-state index contributed by atoms with van der Waals surface area (Å²) < 4.78 is 0. The molecule has 0 saturated heterocycles. The highest BCUT2D eigenvalue weighted by atomic mass is 16.2. The Hall–Kier alpha value is -3.21. The topological polar surface area (TPSA) is 71.1 Å². The van der Waals surface area contributed by atoms with Crippen molar-refractivity contribution in [3.63, 3.8) is 0 Å². The van der Waals surface area contributed by atoms with Gasteiger partial charge < -0.3 is 10.6 Å². The van der Waals surface area contributed by atoms with Crippen molar-refractivity contribution in [2.24, 2.45) is 5.92 Å². The van der Waals surface area contributed by atoms with Crippen molar-refractivity contribution >= 4 is 28.3 Å². The van der Waals surface area contributed by atoms with E-state index in [1.807, 2.05) is 54.7 Å². The van der Waals surface area contributed by atoms with Crippen LogP contribution in [0.5, 0.6) is 0 Å². The zero-order valence-electron chi connectivity index (χ0n) is 15.4. The van der Waals surface area contributed by atoms with Crippen LogP contribution >= 0.6 is 0 Å². The summed E-state index contributed by atoms with van der Waals surface area (Å²) in [5.74, 6) is 0.254. The molecule has 28 heavy (non-hydrogen) atoms. The van der Waals surface area contributed by atoms with Gasteiger partial charge in [0, 0.05) is 41.0 Å². The van der Waals surface area contributed by atoms with Crippen LogP contribution in [-0.2, 0) is 4.79 Å². The molecule has 2 saturated carbocycles. The Morgan fingerprint density at radius 2 is 1.79 bits per heavy atom. The van der Waals surface area contributed by atoms with Crippen molar-refractivity contribution in [2.75, 3.05) is 5.32 Å². The third kappa shape index (κ3) is 3.48. The van der Waals surface area contributed by atoms with Crippen molar-refractivity contribution in [3.05, 3.63) is 72.1 Å². The number of hydrogen-bond donors (Lipinski definition) is 2. The summed E-state index contributed by atoms with van der Waals surface area (Å²) in [7, 11) is 0. The van der Waals surface area contributed by atoms with Gasteiger partial charge in [-0.3, -0.25) is 14.6 Å². The van der Waals surface area contributed by atoms with E-state index in [2.05, 4.69) is 15.6 Å². The lowest BCUT2D eigenvalue weighted by atomic mass is 10.1. The predicted molar refractivity (Wildman–Crippen MR) is 108 cm³/mol. The zero-order valence-corrected chi connectivity index (χ0v) is 15.4. The quantitative estimate of drug-likeness (QED) is 0.715. The molecule has 1 heterocycles. The van der Waals surface area contributed by atoms with E-state index in [1.54, 1.807) is 6.20 Å². The first-order valence-corrected chi connectivity index (χ1v) is 9.73. The highest BCUT2D eigenvalue weighted by Crippen LogP contribution is 2.48. The summed E-state index contributed by atoms with van der Waals surface area (Å²) in [6.07, 6.45) is 6.57. The number of carbonyl (C=O) groups is 2. The Labute approximate surface area is 163 Å². The van der Waals surface area contributed by atoms with Gasteiger partial charge in [0.05, 0.1) is 0 Å². The van der Waals surface area contributed by atoms with Crippen LogP contribution in [0.4, 0.5) is 5.69 Å². The van der Waals surface area contributed by atoms with Gasteiger partial charge in [-0.1, -0.05) is 18.2 Å². The maximum atomic E-state index is 12.6. The van der Waals surface area contributed by atoms with Gasteiger partial charge in [-0.05, 0) is 66.5 Å². The van der Waals surface area contributed by atoms with E-state index >= 15 is 0 Å². The van der Waals surface area contributed by atoms with Crippen LogP contribution in [0.15, 0.2) is 60.9 Å². The number of anilines is 1.